The third kappa shape index (κ3) is 4.85. The number of hydrogen-bond acceptors (Lipinski definition) is 2. The summed E-state index contributed by atoms with van der Waals surface area (Å²) in [7, 11) is 0. The fourth-order valence-electron chi connectivity index (χ4n) is 1.15. The molecule has 0 atom stereocenters. The molecule has 0 bridgehead atoms. The van der Waals surface area contributed by atoms with E-state index in [0.29, 0.717) is 25.0 Å². The average molecular weight is 249 g/mol. The highest BCUT2D eigenvalue weighted by Crippen LogP contribution is 2.18. The predicted octanol–water partition coefficient (Wildman–Crippen LogP) is 3.20. The minimum atomic E-state index is -0.372. The van der Waals surface area contributed by atoms with E-state index in [4.69, 9.17) is 32.7 Å². The van der Waals surface area contributed by atoms with Gasteiger partial charge in [0.2, 0.25) is 0 Å². The first-order valence-electron chi connectivity index (χ1n) is 4.78. The molecule has 0 aromatic heterocycles. The molecule has 0 spiro atoms. The van der Waals surface area contributed by atoms with E-state index in [1.807, 2.05) is 30.3 Å². The maximum Gasteiger partial charge on any atom is 0.183 e. The molecule has 1 aromatic rings. The van der Waals surface area contributed by atoms with Gasteiger partial charge >= 0.3 is 0 Å². The van der Waals surface area contributed by atoms with E-state index in [1.165, 1.54) is 0 Å². The lowest BCUT2D eigenvalue weighted by molar-refractivity contribution is -0.139. The average Bonchev–Trinajstić information content (AvgIpc) is 2.30. The van der Waals surface area contributed by atoms with Crippen molar-refractivity contribution in [2.75, 3.05) is 25.0 Å². The predicted molar refractivity (Wildman–Crippen MR) is 62.5 cm³/mol. The lowest BCUT2D eigenvalue weighted by Gasteiger charge is -2.17. The van der Waals surface area contributed by atoms with Crippen LogP contribution in [0.1, 0.15) is 11.9 Å². The Morgan fingerprint density at radius 2 is 1.47 bits per heavy atom. The van der Waals surface area contributed by atoms with Crippen molar-refractivity contribution in [1.82, 2.24) is 0 Å². The molecule has 0 fully saturated rings. The van der Waals surface area contributed by atoms with Gasteiger partial charge in [0.1, 0.15) is 0 Å². The van der Waals surface area contributed by atoms with Crippen LogP contribution in [0.25, 0.3) is 0 Å². The topological polar surface area (TPSA) is 18.5 Å². The van der Waals surface area contributed by atoms with Crippen LogP contribution in [0.5, 0.6) is 0 Å². The molecule has 0 radical (unpaired) electrons. The van der Waals surface area contributed by atoms with E-state index in [1.54, 1.807) is 0 Å². The highest BCUT2D eigenvalue weighted by molar-refractivity contribution is 6.18. The zero-order valence-electron chi connectivity index (χ0n) is 8.36. The van der Waals surface area contributed by atoms with Crippen molar-refractivity contribution < 1.29 is 9.47 Å². The zero-order chi connectivity index (χ0) is 10.9. The van der Waals surface area contributed by atoms with Crippen LogP contribution in [0, 0.1) is 0 Å². The van der Waals surface area contributed by atoms with Crippen molar-refractivity contribution in [3.63, 3.8) is 0 Å². The van der Waals surface area contributed by atoms with Gasteiger partial charge < -0.3 is 9.47 Å². The maximum absolute atomic E-state index is 5.56. The summed E-state index contributed by atoms with van der Waals surface area (Å²) in [4.78, 5) is 0. The van der Waals surface area contributed by atoms with Crippen LogP contribution in [0.4, 0.5) is 0 Å². The molecule has 1 aromatic carbocycles. The van der Waals surface area contributed by atoms with Gasteiger partial charge in [-0.05, 0) is 0 Å². The summed E-state index contributed by atoms with van der Waals surface area (Å²) in [5.41, 5.74) is 0.979. The van der Waals surface area contributed by atoms with Crippen LogP contribution in [0.3, 0.4) is 0 Å². The van der Waals surface area contributed by atoms with E-state index in [2.05, 4.69) is 0 Å². The molecule has 1 rings (SSSR count). The van der Waals surface area contributed by atoms with E-state index < -0.39 is 0 Å². The van der Waals surface area contributed by atoms with Crippen molar-refractivity contribution in [3.05, 3.63) is 35.9 Å². The molecule has 84 valence electrons. The molecule has 0 aliphatic heterocycles. The van der Waals surface area contributed by atoms with Crippen LogP contribution < -0.4 is 0 Å². The SMILES string of the molecule is ClCCOC(OCCCl)c1ccccc1. The van der Waals surface area contributed by atoms with Gasteiger partial charge in [0.25, 0.3) is 0 Å². The molecule has 0 aliphatic rings. The monoisotopic (exact) mass is 248 g/mol. The summed E-state index contributed by atoms with van der Waals surface area (Å²) in [6, 6.07) is 9.73. The Hall–Kier alpha value is -0.280. The van der Waals surface area contributed by atoms with Crippen molar-refractivity contribution in [2.45, 2.75) is 6.29 Å². The molecule has 0 amide bonds. The number of benzene rings is 1. The minimum absolute atomic E-state index is 0.372. The van der Waals surface area contributed by atoms with Crippen LogP contribution in [-0.4, -0.2) is 25.0 Å². The lowest BCUT2D eigenvalue weighted by atomic mass is 10.2. The molecule has 0 unspecified atom stereocenters. The Bertz CT molecular complexity index is 246. The second kappa shape index (κ2) is 7.94. The highest BCUT2D eigenvalue weighted by Gasteiger charge is 2.10. The fourth-order valence-corrected chi connectivity index (χ4v) is 1.33. The minimum Gasteiger partial charge on any atom is -0.347 e. The van der Waals surface area contributed by atoms with E-state index >= 15 is 0 Å². The first kappa shape index (κ1) is 12.8. The summed E-state index contributed by atoms with van der Waals surface area (Å²) in [5.74, 6) is 0.904. The standard InChI is InChI=1S/C11H14Cl2O2/c12-6-8-14-11(15-9-7-13)10-4-2-1-3-5-10/h1-5,11H,6-9H2. The third-order valence-corrected chi connectivity index (χ3v) is 2.07. The van der Waals surface area contributed by atoms with Gasteiger partial charge in [0, 0.05) is 17.3 Å². The van der Waals surface area contributed by atoms with E-state index in [9.17, 15) is 0 Å². The van der Waals surface area contributed by atoms with Gasteiger partial charge in [-0.2, -0.15) is 0 Å². The molecule has 15 heavy (non-hydrogen) atoms. The Balaban J connectivity index is 2.55. The second-order valence-electron chi connectivity index (χ2n) is 2.86. The van der Waals surface area contributed by atoms with Crippen LogP contribution in [-0.2, 0) is 9.47 Å². The number of alkyl halides is 2. The molecule has 4 heteroatoms. The zero-order valence-corrected chi connectivity index (χ0v) is 9.88. The summed E-state index contributed by atoms with van der Waals surface area (Å²) < 4.78 is 10.9. The third-order valence-electron chi connectivity index (χ3n) is 1.76. The Morgan fingerprint density at radius 1 is 0.933 bits per heavy atom. The fraction of sp³-hybridized carbons (Fsp3) is 0.455. The van der Waals surface area contributed by atoms with Gasteiger partial charge in [-0.25, -0.2) is 0 Å². The molecule has 0 aliphatic carbocycles. The molecular formula is C11H14Cl2O2. The first-order chi connectivity index (χ1) is 7.38. The van der Waals surface area contributed by atoms with Crippen molar-refractivity contribution in [2.24, 2.45) is 0 Å². The maximum atomic E-state index is 5.56. The van der Waals surface area contributed by atoms with Gasteiger partial charge in [0.15, 0.2) is 6.29 Å². The van der Waals surface area contributed by atoms with Crippen LogP contribution >= 0.6 is 23.2 Å². The molecule has 0 saturated carbocycles. The van der Waals surface area contributed by atoms with Crippen molar-refractivity contribution in [3.8, 4) is 0 Å². The number of ether oxygens (including phenoxy) is 2. The van der Waals surface area contributed by atoms with Crippen molar-refractivity contribution in [1.29, 1.82) is 0 Å². The van der Waals surface area contributed by atoms with Crippen molar-refractivity contribution >= 4 is 23.2 Å². The summed E-state index contributed by atoms with van der Waals surface area (Å²) in [5, 5.41) is 0. The Kier molecular flexibility index (Phi) is 6.77. The van der Waals surface area contributed by atoms with Gasteiger partial charge in [-0.15, -0.1) is 23.2 Å². The molecule has 2 nitrogen and oxygen atoms in total. The van der Waals surface area contributed by atoms with Gasteiger partial charge in [-0.3, -0.25) is 0 Å². The molecular weight excluding hydrogens is 235 g/mol. The summed E-state index contributed by atoms with van der Waals surface area (Å²) >= 11 is 11.1. The van der Waals surface area contributed by atoms with Crippen LogP contribution in [0.2, 0.25) is 0 Å². The smallest absolute Gasteiger partial charge is 0.183 e. The lowest BCUT2D eigenvalue weighted by Crippen LogP contribution is -2.11. The van der Waals surface area contributed by atoms with E-state index in [-0.39, 0.29) is 6.29 Å². The highest BCUT2D eigenvalue weighted by atomic mass is 35.5. The van der Waals surface area contributed by atoms with Gasteiger partial charge in [0.05, 0.1) is 13.2 Å². The largest absolute Gasteiger partial charge is 0.347 e. The molecule has 0 N–H and O–H groups in total. The number of hydrogen-bond donors (Lipinski definition) is 0. The Morgan fingerprint density at radius 3 is 1.93 bits per heavy atom. The van der Waals surface area contributed by atoms with E-state index in [0.717, 1.165) is 5.56 Å². The normalized spacial score (nSPS) is 10.9. The summed E-state index contributed by atoms with van der Waals surface area (Å²) in [6.07, 6.45) is -0.372. The summed E-state index contributed by atoms with van der Waals surface area (Å²) in [6.45, 7) is 0.923. The first-order valence-corrected chi connectivity index (χ1v) is 5.85. The number of halogens is 2. The molecule has 0 saturated heterocycles. The second-order valence-corrected chi connectivity index (χ2v) is 3.62. The van der Waals surface area contributed by atoms with Gasteiger partial charge in [-0.1, -0.05) is 30.3 Å². The number of rotatable bonds is 7. The molecule has 0 heterocycles. The Labute approximate surface area is 100 Å². The quantitative estimate of drug-likeness (QED) is 0.545. The van der Waals surface area contributed by atoms with Crippen LogP contribution in [0.15, 0.2) is 30.3 Å².